The van der Waals surface area contributed by atoms with E-state index >= 15 is 0 Å². The number of anilines is 1. The molecule has 0 fully saturated rings. The molecule has 0 bridgehead atoms. The van der Waals surface area contributed by atoms with Crippen molar-refractivity contribution in [2.75, 3.05) is 5.32 Å². The van der Waals surface area contributed by atoms with Gasteiger partial charge in [-0.3, -0.25) is 0 Å². The molecular weight excluding hydrogens is 238 g/mol. The fraction of sp³-hybridized carbons (Fsp3) is 0.231. The van der Waals surface area contributed by atoms with Gasteiger partial charge in [0.05, 0.1) is 6.04 Å². The lowest BCUT2D eigenvalue weighted by molar-refractivity contribution is 0.843. The first-order valence-electron chi connectivity index (χ1n) is 5.33. The van der Waals surface area contributed by atoms with Crippen LogP contribution in [-0.2, 0) is 6.42 Å². The van der Waals surface area contributed by atoms with Gasteiger partial charge in [-0.2, -0.15) is 0 Å². The standard InChI is InChI=1S/C13H12ClNS/c1-8-5-10(14)6-9-7-11(15-13(8)9)12-3-2-4-16-12/h2-6,11,15H,7H2,1H3. The van der Waals surface area contributed by atoms with Gasteiger partial charge >= 0.3 is 0 Å². The summed E-state index contributed by atoms with van der Waals surface area (Å²) >= 11 is 7.88. The van der Waals surface area contributed by atoms with Crippen molar-refractivity contribution in [1.82, 2.24) is 0 Å². The van der Waals surface area contributed by atoms with Gasteiger partial charge in [-0.15, -0.1) is 11.3 Å². The molecular formula is C13H12ClNS. The molecule has 1 aliphatic rings. The highest BCUT2D eigenvalue weighted by molar-refractivity contribution is 7.10. The monoisotopic (exact) mass is 249 g/mol. The summed E-state index contributed by atoms with van der Waals surface area (Å²) < 4.78 is 0. The minimum absolute atomic E-state index is 0.423. The quantitative estimate of drug-likeness (QED) is 0.789. The molecule has 0 saturated heterocycles. The number of aryl methyl sites for hydroxylation is 1. The van der Waals surface area contributed by atoms with Gasteiger partial charge in [0.2, 0.25) is 0 Å². The third-order valence-electron chi connectivity index (χ3n) is 3.01. The Hall–Kier alpha value is -0.990. The van der Waals surface area contributed by atoms with Gasteiger partial charge in [-0.05, 0) is 48.1 Å². The molecule has 1 aliphatic heterocycles. The molecule has 16 heavy (non-hydrogen) atoms. The molecule has 3 rings (SSSR count). The first kappa shape index (κ1) is 10.2. The number of halogens is 1. The van der Waals surface area contributed by atoms with E-state index in [1.54, 1.807) is 11.3 Å². The first-order chi connectivity index (χ1) is 7.74. The average Bonchev–Trinajstić information content (AvgIpc) is 2.82. The molecule has 0 aliphatic carbocycles. The fourth-order valence-electron chi connectivity index (χ4n) is 2.29. The Morgan fingerprint density at radius 1 is 1.44 bits per heavy atom. The van der Waals surface area contributed by atoms with Crippen LogP contribution in [0.15, 0.2) is 29.6 Å². The van der Waals surface area contributed by atoms with Crippen LogP contribution in [-0.4, -0.2) is 0 Å². The molecule has 1 unspecified atom stereocenters. The Kier molecular flexibility index (Phi) is 2.41. The van der Waals surface area contributed by atoms with Crippen molar-refractivity contribution in [2.24, 2.45) is 0 Å². The van der Waals surface area contributed by atoms with Crippen molar-refractivity contribution < 1.29 is 0 Å². The molecule has 1 N–H and O–H groups in total. The number of nitrogens with one attached hydrogen (secondary N) is 1. The van der Waals surface area contributed by atoms with Crippen LogP contribution in [0.3, 0.4) is 0 Å². The molecule has 0 amide bonds. The minimum atomic E-state index is 0.423. The number of fused-ring (bicyclic) bond motifs is 1. The maximum absolute atomic E-state index is 6.08. The Morgan fingerprint density at radius 3 is 3.06 bits per heavy atom. The van der Waals surface area contributed by atoms with Gasteiger partial charge in [0.15, 0.2) is 0 Å². The summed E-state index contributed by atoms with van der Waals surface area (Å²) in [4.78, 5) is 1.40. The first-order valence-corrected chi connectivity index (χ1v) is 6.59. The van der Waals surface area contributed by atoms with Crippen molar-refractivity contribution in [2.45, 2.75) is 19.4 Å². The van der Waals surface area contributed by atoms with E-state index in [2.05, 4.69) is 35.8 Å². The Bertz CT molecular complexity index is 519. The van der Waals surface area contributed by atoms with Gasteiger partial charge in [0, 0.05) is 15.6 Å². The van der Waals surface area contributed by atoms with Crippen LogP contribution in [0.25, 0.3) is 0 Å². The molecule has 82 valence electrons. The zero-order valence-corrected chi connectivity index (χ0v) is 10.5. The highest BCUT2D eigenvalue weighted by Gasteiger charge is 2.24. The molecule has 0 spiro atoms. The summed E-state index contributed by atoms with van der Waals surface area (Å²) in [5.41, 5.74) is 3.84. The predicted octanol–water partition coefficient (Wildman–Crippen LogP) is 4.42. The van der Waals surface area contributed by atoms with Crippen molar-refractivity contribution in [3.8, 4) is 0 Å². The van der Waals surface area contributed by atoms with E-state index in [-0.39, 0.29) is 0 Å². The van der Waals surface area contributed by atoms with E-state index in [1.165, 1.54) is 21.7 Å². The summed E-state index contributed by atoms with van der Waals surface area (Å²) in [6, 6.07) is 8.80. The summed E-state index contributed by atoms with van der Waals surface area (Å²) in [6.07, 6.45) is 1.04. The molecule has 1 atom stereocenters. The highest BCUT2D eigenvalue weighted by Crippen LogP contribution is 2.39. The van der Waals surface area contributed by atoms with Gasteiger partial charge in [0.25, 0.3) is 0 Å². The van der Waals surface area contributed by atoms with Gasteiger partial charge < -0.3 is 5.32 Å². The smallest absolute Gasteiger partial charge is 0.0647 e. The minimum Gasteiger partial charge on any atom is -0.377 e. The van der Waals surface area contributed by atoms with Crippen LogP contribution >= 0.6 is 22.9 Å². The van der Waals surface area contributed by atoms with E-state index in [0.717, 1.165) is 11.4 Å². The molecule has 3 heteroatoms. The molecule has 1 aromatic heterocycles. The van der Waals surface area contributed by atoms with Crippen molar-refractivity contribution in [1.29, 1.82) is 0 Å². The Balaban J connectivity index is 1.98. The summed E-state index contributed by atoms with van der Waals surface area (Å²) in [6.45, 7) is 2.11. The SMILES string of the molecule is Cc1cc(Cl)cc2c1NC(c1cccs1)C2. The average molecular weight is 250 g/mol. The molecule has 1 nitrogen and oxygen atoms in total. The van der Waals surface area contributed by atoms with Gasteiger partial charge in [-0.1, -0.05) is 17.7 Å². The maximum atomic E-state index is 6.08. The van der Waals surface area contributed by atoms with Crippen LogP contribution in [0.4, 0.5) is 5.69 Å². The highest BCUT2D eigenvalue weighted by atomic mass is 35.5. The lowest BCUT2D eigenvalue weighted by atomic mass is 10.1. The number of hydrogen-bond donors (Lipinski definition) is 1. The maximum Gasteiger partial charge on any atom is 0.0647 e. The summed E-state index contributed by atoms with van der Waals surface area (Å²) in [5.74, 6) is 0. The second-order valence-electron chi connectivity index (χ2n) is 4.17. The predicted molar refractivity (Wildman–Crippen MR) is 70.6 cm³/mol. The summed E-state index contributed by atoms with van der Waals surface area (Å²) in [5, 5.41) is 6.55. The lowest BCUT2D eigenvalue weighted by Crippen LogP contribution is -2.03. The third kappa shape index (κ3) is 1.62. The third-order valence-corrected chi connectivity index (χ3v) is 4.22. The fourth-order valence-corrected chi connectivity index (χ4v) is 3.36. The molecule has 0 saturated carbocycles. The second kappa shape index (κ2) is 3.79. The van der Waals surface area contributed by atoms with Crippen LogP contribution in [0.1, 0.15) is 22.0 Å². The van der Waals surface area contributed by atoms with Crippen LogP contribution in [0, 0.1) is 6.92 Å². The number of benzene rings is 1. The van der Waals surface area contributed by atoms with Crippen molar-refractivity contribution >= 4 is 28.6 Å². The second-order valence-corrected chi connectivity index (χ2v) is 5.59. The number of rotatable bonds is 1. The van der Waals surface area contributed by atoms with E-state index in [0.29, 0.717) is 6.04 Å². The number of thiophene rings is 1. The topological polar surface area (TPSA) is 12.0 Å². The van der Waals surface area contributed by atoms with Crippen molar-refractivity contribution in [3.05, 3.63) is 50.7 Å². The van der Waals surface area contributed by atoms with Crippen LogP contribution in [0.2, 0.25) is 5.02 Å². The van der Waals surface area contributed by atoms with Gasteiger partial charge in [-0.25, -0.2) is 0 Å². The van der Waals surface area contributed by atoms with E-state index in [4.69, 9.17) is 11.6 Å². The van der Waals surface area contributed by atoms with E-state index in [9.17, 15) is 0 Å². The van der Waals surface area contributed by atoms with Crippen LogP contribution < -0.4 is 5.32 Å². The zero-order chi connectivity index (χ0) is 11.1. The normalized spacial score (nSPS) is 18.2. The lowest BCUT2D eigenvalue weighted by Gasteiger charge is -2.09. The van der Waals surface area contributed by atoms with E-state index < -0.39 is 0 Å². The van der Waals surface area contributed by atoms with Crippen molar-refractivity contribution in [3.63, 3.8) is 0 Å². The Morgan fingerprint density at radius 2 is 2.31 bits per heavy atom. The molecule has 1 aromatic carbocycles. The largest absolute Gasteiger partial charge is 0.377 e. The summed E-state index contributed by atoms with van der Waals surface area (Å²) in [7, 11) is 0. The molecule has 2 aromatic rings. The van der Waals surface area contributed by atoms with E-state index in [1.807, 2.05) is 6.07 Å². The zero-order valence-electron chi connectivity index (χ0n) is 8.96. The van der Waals surface area contributed by atoms with Gasteiger partial charge in [0.1, 0.15) is 0 Å². The Labute approximate surface area is 104 Å². The number of hydrogen-bond acceptors (Lipinski definition) is 2. The van der Waals surface area contributed by atoms with Crippen LogP contribution in [0.5, 0.6) is 0 Å². The molecule has 0 radical (unpaired) electrons. The molecule has 2 heterocycles.